The molecule has 0 radical (unpaired) electrons. The molecule has 0 spiro atoms. The van der Waals surface area contributed by atoms with Crippen LogP contribution in [0.25, 0.3) is 17.5 Å². The number of nitrogens with one attached hydrogen (secondary N) is 2. The number of nitrogens with zero attached hydrogens (tertiary/aromatic N) is 3. The Labute approximate surface area is 178 Å². The highest BCUT2D eigenvalue weighted by atomic mass is 19.1. The lowest BCUT2D eigenvalue weighted by molar-refractivity contribution is 0.285. The zero-order chi connectivity index (χ0) is 21.6. The van der Waals surface area contributed by atoms with E-state index in [0.29, 0.717) is 40.2 Å². The van der Waals surface area contributed by atoms with E-state index in [2.05, 4.69) is 38.2 Å². The van der Waals surface area contributed by atoms with Crippen molar-refractivity contribution in [1.82, 2.24) is 19.9 Å². The van der Waals surface area contributed by atoms with Crippen LogP contribution in [0.4, 0.5) is 10.2 Å². The van der Waals surface area contributed by atoms with Crippen molar-refractivity contribution in [3.63, 3.8) is 0 Å². The van der Waals surface area contributed by atoms with Crippen molar-refractivity contribution in [3.8, 4) is 22.9 Å². The Morgan fingerprint density at radius 2 is 1.90 bits per heavy atom. The molecule has 0 amide bonds. The molecule has 0 aliphatic carbocycles. The molecule has 4 aromatic rings. The molecule has 0 unspecified atom stereocenters. The maximum Gasteiger partial charge on any atom is 0.177 e. The molecule has 0 fully saturated rings. The average Bonchev–Trinajstić information content (AvgIpc) is 3.46. The van der Waals surface area contributed by atoms with Crippen molar-refractivity contribution in [1.29, 1.82) is 0 Å². The summed E-state index contributed by atoms with van der Waals surface area (Å²) in [6.45, 7) is 7.76. The summed E-state index contributed by atoms with van der Waals surface area (Å²) in [5.74, 6) is 2.51. The largest absolute Gasteiger partial charge is 0.489 e. The summed E-state index contributed by atoms with van der Waals surface area (Å²) in [4.78, 5) is 18.7. The summed E-state index contributed by atoms with van der Waals surface area (Å²) in [7, 11) is 0. The van der Waals surface area contributed by atoms with E-state index in [9.17, 15) is 4.39 Å². The monoisotopic (exact) mass is 417 g/mol. The number of hydrogen-bond acceptors (Lipinski definition) is 5. The first-order valence-corrected chi connectivity index (χ1v) is 9.47. The van der Waals surface area contributed by atoms with E-state index < -0.39 is 0 Å². The van der Waals surface area contributed by atoms with Crippen molar-refractivity contribution in [2.45, 2.75) is 13.2 Å². The molecule has 156 valence electrons. The maximum absolute atomic E-state index is 13.5. The Balaban J connectivity index is 1.63. The summed E-state index contributed by atoms with van der Waals surface area (Å²) in [6, 6.07) is 11.7. The lowest BCUT2D eigenvalue weighted by Crippen LogP contribution is -2.00. The number of H-pyrrole nitrogens is 2. The summed E-state index contributed by atoms with van der Waals surface area (Å²) in [6.07, 6.45) is 5.01. The van der Waals surface area contributed by atoms with Gasteiger partial charge in [-0.1, -0.05) is 18.7 Å². The molecule has 0 saturated carbocycles. The highest BCUT2D eigenvalue weighted by molar-refractivity contribution is 5.68. The number of aromatic nitrogens is 4. The van der Waals surface area contributed by atoms with Crippen LogP contribution in [0.2, 0.25) is 0 Å². The van der Waals surface area contributed by atoms with Gasteiger partial charge >= 0.3 is 0 Å². The van der Waals surface area contributed by atoms with E-state index in [1.54, 1.807) is 36.7 Å². The standard InChI is InChI=1S/C23H20FN5O2/c1-3-20-23(25-2)29-22(28-20)16-10-18(30-13-15-5-4-6-17(24)9-15)12-19(11-16)31-14-21-26-7-8-27-21/h3-12H,1-2,13-14H2,(H,26,27)(H,28,29). The molecule has 4 rings (SSSR count). The summed E-state index contributed by atoms with van der Waals surface area (Å²) in [5, 5.41) is 0. The fraction of sp³-hybridized carbons (Fsp3) is 0.0870. The zero-order valence-corrected chi connectivity index (χ0v) is 16.6. The quantitative estimate of drug-likeness (QED) is 0.372. The number of halogens is 1. The van der Waals surface area contributed by atoms with E-state index in [-0.39, 0.29) is 19.0 Å². The Morgan fingerprint density at radius 1 is 1.10 bits per heavy atom. The van der Waals surface area contributed by atoms with E-state index in [0.717, 1.165) is 5.56 Å². The van der Waals surface area contributed by atoms with Crippen molar-refractivity contribution < 1.29 is 13.9 Å². The van der Waals surface area contributed by atoms with E-state index in [1.165, 1.54) is 12.1 Å². The Kier molecular flexibility index (Phi) is 5.89. The third-order valence-electron chi connectivity index (χ3n) is 4.44. The number of imidazole rings is 2. The lowest BCUT2D eigenvalue weighted by atomic mass is 10.2. The first-order valence-electron chi connectivity index (χ1n) is 9.47. The van der Waals surface area contributed by atoms with Crippen molar-refractivity contribution in [2.24, 2.45) is 4.99 Å². The van der Waals surface area contributed by atoms with Gasteiger partial charge < -0.3 is 19.4 Å². The third kappa shape index (κ3) is 4.87. The first kappa shape index (κ1) is 20.1. The lowest BCUT2D eigenvalue weighted by Gasteiger charge is -2.11. The molecule has 0 saturated heterocycles. The molecule has 7 nitrogen and oxygen atoms in total. The van der Waals surface area contributed by atoms with Crippen LogP contribution in [-0.4, -0.2) is 26.7 Å². The molecule has 0 aliphatic heterocycles. The van der Waals surface area contributed by atoms with Crippen LogP contribution in [-0.2, 0) is 13.2 Å². The molecule has 0 atom stereocenters. The normalized spacial score (nSPS) is 10.6. The Morgan fingerprint density at radius 3 is 2.55 bits per heavy atom. The van der Waals surface area contributed by atoms with E-state index >= 15 is 0 Å². The van der Waals surface area contributed by atoms with Gasteiger partial charge in [-0.05, 0) is 42.6 Å². The first-order chi connectivity index (χ1) is 15.1. The number of benzene rings is 2. The molecule has 2 aromatic carbocycles. The SMILES string of the molecule is C=Cc1[nH]c(-c2cc(OCc3cccc(F)c3)cc(OCc3ncc[nH]3)c2)nc1N=C. The van der Waals surface area contributed by atoms with Gasteiger partial charge in [0.15, 0.2) is 5.82 Å². The van der Waals surface area contributed by atoms with Gasteiger partial charge in [0, 0.05) is 24.0 Å². The second-order valence-corrected chi connectivity index (χ2v) is 6.62. The molecular weight excluding hydrogens is 397 g/mol. The predicted molar refractivity (Wildman–Crippen MR) is 117 cm³/mol. The molecule has 2 N–H and O–H groups in total. The number of aliphatic imine (C=N–C) groups is 1. The minimum absolute atomic E-state index is 0.203. The van der Waals surface area contributed by atoms with Crippen LogP contribution in [0, 0.1) is 5.82 Å². The topological polar surface area (TPSA) is 88.2 Å². The number of rotatable bonds is 9. The van der Waals surface area contributed by atoms with Crippen molar-refractivity contribution >= 4 is 18.6 Å². The van der Waals surface area contributed by atoms with Gasteiger partial charge in [-0.25, -0.2) is 19.4 Å². The molecule has 0 aliphatic rings. The summed E-state index contributed by atoms with van der Waals surface area (Å²) < 4.78 is 25.3. The second-order valence-electron chi connectivity index (χ2n) is 6.62. The summed E-state index contributed by atoms with van der Waals surface area (Å²) in [5.41, 5.74) is 2.10. The summed E-state index contributed by atoms with van der Waals surface area (Å²) >= 11 is 0. The fourth-order valence-electron chi connectivity index (χ4n) is 2.97. The molecule has 8 heteroatoms. The van der Waals surface area contributed by atoms with Gasteiger partial charge in [0.05, 0.1) is 5.69 Å². The minimum Gasteiger partial charge on any atom is -0.489 e. The minimum atomic E-state index is -0.311. The predicted octanol–water partition coefficient (Wildman–Crippen LogP) is 5.07. The van der Waals surface area contributed by atoms with Gasteiger partial charge in [0.2, 0.25) is 0 Å². The van der Waals surface area contributed by atoms with Crippen molar-refractivity contribution in [3.05, 3.63) is 84.3 Å². The Bertz CT molecular complexity index is 1180. The molecule has 0 bridgehead atoms. The smallest absolute Gasteiger partial charge is 0.177 e. The number of ether oxygens (including phenoxy) is 2. The molecule has 2 heterocycles. The number of hydrogen-bond donors (Lipinski definition) is 2. The van der Waals surface area contributed by atoms with Gasteiger partial charge in [0.1, 0.15) is 42.2 Å². The highest BCUT2D eigenvalue weighted by Crippen LogP contribution is 2.31. The van der Waals surface area contributed by atoms with Crippen LogP contribution in [0.15, 0.2) is 66.4 Å². The highest BCUT2D eigenvalue weighted by Gasteiger charge is 2.12. The van der Waals surface area contributed by atoms with Gasteiger partial charge in [-0.2, -0.15) is 0 Å². The van der Waals surface area contributed by atoms with Crippen LogP contribution < -0.4 is 9.47 Å². The number of aromatic amines is 2. The van der Waals surface area contributed by atoms with Crippen LogP contribution in [0.1, 0.15) is 17.1 Å². The van der Waals surface area contributed by atoms with Crippen LogP contribution >= 0.6 is 0 Å². The van der Waals surface area contributed by atoms with Gasteiger partial charge in [-0.15, -0.1) is 0 Å². The van der Waals surface area contributed by atoms with Crippen LogP contribution in [0.3, 0.4) is 0 Å². The zero-order valence-electron chi connectivity index (χ0n) is 16.6. The van der Waals surface area contributed by atoms with E-state index in [4.69, 9.17) is 9.47 Å². The van der Waals surface area contributed by atoms with Crippen LogP contribution in [0.5, 0.6) is 11.5 Å². The van der Waals surface area contributed by atoms with Gasteiger partial charge in [0.25, 0.3) is 0 Å². The van der Waals surface area contributed by atoms with E-state index in [1.807, 2.05) is 12.1 Å². The average molecular weight is 417 g/mol. The molecule has 2 aromatic heterocycles. The molecule has 31 heavy (non-hydrogen) atoms. The maximum atomic E-state index is 13.5. The van der Waals surface area contributed by atoms with Crippen molar-refractivity contribution in [2.75, 3.05) is 0 Å². The molecular formula is C23H20FN5O2. The fourth-order valence-corrected chi connectivity index (χ4v) is 2.97. The Hall–Kier alpha value is -4.20. The second kappa shape index (κ2) is 9.08. The third-order valence-corrected chi connectivity index (χ3v) is 4.44. The van der Waals surface area contributed by atoms with Gasteiger partial charge in [-0.3, -0.25) is 0 Å².